The lowest BCUT2D eigenvalue weighted by atomic mass is 9.85. The second-order valence-corrected chi connectivity index (χ2v) is 3.95. The van der Waals surface area contributed by atoms with E-state index in [4.69, 9.17) is 5.11 Å². The Balaban J connectivity index is 2.10. The Hall–Kier alpha value is 0.0500. The quantitative estimate of drug-likeness (QED) is 0.628. The van der Waals surface area contributed by atoms with E-state index in [2.05, 4.69) is 6.58 Å². The lowest BCUT2D eigenvalue weighted by Crippen LogP contribution is -2.31. The fraction of sp³-hybridized carbons (Fsp3) is 0.750. The molecule has 58 valence electrons. The first-order valence-corrected chi connectivity index (χ1v) is 4.76. The van der Waals surface area contributed by atoms with Crippen LogP contribution < -0.4 is 0 Å². The molecule has 1 nitrogen and oxygen atoms in total. The summed E-state index contributed by atoms with van der Waals surface area (Å²) < 4.78 is 0. The van der Waals surface area contributed by atoms with Gasteiger partial charge in [0.15, 0.2) is 0 Å². The summed E-state index contributed by atoms with van der Waals surface area (Å²) >= 11 is 1.92. The van der Waals surface area contributed by atoms with E-state index in [-0.39, 0.29) is 0 Å². The molecule has 1 rings (SSSR count). The molecule has 0 amide bonds. The molecule has 2 unspecified atom stereocenters. The van der Waals surface area contributed by atoms with Crippen LogP contribution in [0.15, 0.2) is 12.7 Å². The smallest absolute Gasteiger partial charge is 0.0469 e. The van der Waals surface area contributed by atoms with Crippen LogP contribution in [0.1, 0.15) is 12.8 Å². The molecule has 0 aliphatic heterocycles. The molecule has 0 aromatic heterocycles. The molecule has 1 N–H and O–H groups in total. The third-order valence-electron chi connectivity index (χ3n) is 2.01. The van der Waals surface area contributed by atoms with Crippen molar-refractivity contribution in [1.29, 1.82) is 0 Å². The van der Waals surface area contributed by atoms with Crippen LogP contribution in [0.3, 0.4) is 0 Å². The largest absolute Gasteiger partial charge is 0.396 e. The molecule has 10 heavy (non-hydrogen) atoms. The molecular formula is C8H14OS. The monoisotopic (exact) mass is 158 g/mol. The summed E-state index contributed by atoms with van der Waals surface area (Å²) in [5, 5.41) is 9.53. The van der Waals surface area contributed by atoms with Gasteiger partial charge < -0.3 is 5.11 Å². The van der Waals surface area contributed by atoms with Crippen molar-refractivity contribution >= 4 is 11.8 Å². The van der Waals surface area contributed by atoms with E-state index >= 15 is 0 Å². The van der Waals surface area contributed by atoms with Crippen molar-refractivity contribution in [3.8, 4) is 0 Å². The van der Waals surface area contributed by atoms with Gasteiger partial charge in [-0.1, -0.05) is 6.08 Å². The van der Waals surface area contributed by atoms with Crippen LogP contribution in [0.4, 0.5) is 0 Å². The summed E-state index contributed by atoms with van der Waals surface area (Å²) in [7, 11) is 0. The van der Waals surface area contributed by atoms with Crippen molar-refractivity contribution in [2.45, 2.75) is 18.1 Å². The zero-order valence-electron chi connectivity index (χ0n) is 6.12. The maximum Gasteiger partial charge on any atom is 0.0469 e. The molecule has 0 radical (unpaired) electrons. The van der Waals surface area contributed by atoms with Gasteiger partial charge in [0.25, 0.3) is 0 Å². The number of thioether (sulfide) groups is 1. The Kier molecular flexibility index (Phi) is 3.29. The molecule has 1 aliphatic carbocycles. The number of hydrogen-bond donors (Lipinski definition) is 1. The van der Waals surface area contributed by atoms with E-state index in [9.17, 15) is 0 Å². The third kappa shape index (κ3) is 1.77. The Morgan fingerprint density at radius 3 is 2.80 bits per heavy atom. The molecule has 1 aliphatic rings. The van der Waals surface area contributed by atoms with Gasteiger partial charge in [-0.05, 0) is 18.8 Å². The van der Waals surface area contributed by atoms with Gasteiger partial charge in [0.2, 0.25) is 0 Å². The van der Waals surface area contributed by atoms with Gasteiger partial charge in [-0.25, -0.2) is 0 Å². The molecule has 0 heterocycles. The summed E-state index contributed by atoms with van der Waals surface area (Å²) in [6.45, 7) is 4.03. The standard InChI is InChI=1S/C8H14OS/c1-2-5-10-8-4-3-7(8)6-9/h2,7-9H,1,3-6H2. The zero-order valence-corrected chi connectivity index (χ0v) is 6.94. The first kappa shape index (κ1) is 8.15. The number of aliphatic hydroxyl groups excluding tert-OH is 1. The Bertz CT molecular complexity index is 112. The van der Waals surface area contributed by atoms with Crippen molar-refractivity contribution in [1.82, 2.24) is 0 Å². The van der Waals surface area contributed by atoms with Crippen molar-refractivity contribution < 1.29 is 5.11 Å². The molecule has 2 atom stereocenters. The summed E-state index contributed by atoms with van der Waals surface area (Å²) in [6.07, 6.45) is 4.42. The van der Waals surface area contributed by atoms with Crippen molar-refractivity contribution in [2.24, 2.45) is 5.92 Å². The summed E-state index contributed by atoms with van der Waals surface area (Å²) in [5.74, 6) is 1.60. The topological polar surface area (TPSA) is 20.2 Å². The lowest BCUT2D eigenvalue weighted by molar-refractivity contribution is 0.170. The van der Waals surface area contributed by atoms with E-state index in [1.807, 2.05) is 17.8 Å². The minimum absolute atomic E-state index is 0.370. The Labute approximate surface area is 66.5 Å². The Morgan fingerprint density at radius 2 is 2.40 bits per heavy atom. The fourth-order valence-corrected chi connectivity index (χ4v) is 2.34. The fourth-order valence-electron chi connectivity index (χ4n) is 1.16. The van der Waals surface area contributed by atoms with Crippen LogP contribution in [-0.4, -0.2) is 22.7 Å². The zero-order chi connectivity index (χ0) is 7.40. The van der Waals surface area contributed by atoms with Crippen LogP contribution in [0, 0.1) is 5.92 Å². The molecule has 0 aromatic carbocycles. The minimum atomic E-state index is 0.370. The predicted octanol–water partition coefficient (Wildman–Crippen LogP) is 1.68. The summed E-state index contributed by atoms with van der Waals surface area (Å²) in [5.41, 5.74) is 0. The van der Waals surface area contributed by atoms with Gasteiger partial charge in [0, 0.05) is 17.6 Å². The highest BCUT2D eigenvalue weighted by atomic mass is 32.2. The van der Waals surface area contributed by atoms with E-state index in [0.29, 0.717) is 17.8 Å². The molecule has 1 fully saturated rings. The number of hydrogen-bond acceptors (Lipinski definition) is 2. The van der Waals surface area contributed by atoms with Crippen LogP contribution in [0.5, 0.6) is 0 Å². The van der Waals surface area contributed by atoms with Crippen molar-refractivity contribution in [3.05, 3.63) is 12.7 Å². The molecule has 0 bridgehead atoms. The normalized spacial score (nSPS) is 31.3. The molecular weight excluding hydrogens is 144 g/mol. The highest BCUT2D eigenvalue weighted by Crippen LogP contribution is 2.36. The van der Waals surface area contributed by atoms with E-state index < -0.39 is 0 Å². The molecule has 1 saturated carbocycles. The third-order valence-corrected chi connectivity index (χ3v) is 3.49. The van der Waals surface area contributed by atoms with Crippen LogP contribution in [-0.2, 0) is 0 Å². The van der Waals surface area contributed by atoms with E-state index in [1.165, 1.54) is 12.8 Å². The second-order valence-electron chi connectivity index (χ2n) is 2.68. The second kappa shape index (κ2) is 4.04. The molecule has 0 spiro atoms. The van der Waals surface area contributed by atoms with E-state index in [0.717, 1.165) is 5.75 Å². The highest BCUT2D eigenvalue weighted by molar-refractivity contribution is 8.00. The van der Waals surface area contributed by atoms with E-state index in [1.54, 1.807) is 0 Å². The summed E-state index contributed by atoms with van der Waals surface area (Å²) in [6, 6.07) is 0. The first-order valence-electron chi connectivity index (χ1n) is 3.72. The predicted molar refractivity (Wildman–Crippen MR) is 46.3 cm³/mol. The van der Waals surface area contributed by atoms with Gasteiger partial charge in [0.05, 0.1) is 0 Å². The molecule has 0 saturated heterocycles. The molecule has 0 aromatic rings. The maximum atomic E-state index is 8.82. The van der Waals surface area contributed by atoms with Gasteiger partial charge in [-0.15, -0.1) is 6.58 Å². The average Bonchev–Trinajstić information content (AvgIpc) is 1.88. The van der Waals surface area contributed by atoms with Gasteiger partial charge in [0.1, 0.15) is 0 Å². The average molecular weight is 158 g/mol. The van der Waals surface area contributed by atoms with Crippen LogP contribution in [0.2, 0.25) is 0 Å². The van der Waals surface area contributed by atoms with Crippen LogP contribution in [0.25, 0.3) is 0 Å². The van der Waals surface area contributed by atoms with Gasteiger partial charge >= 0.3 is 0 Å². The SMILES string of the molecule is C=CCSC1CCC1CO. The van der Waals surface area contributed by atoms with Gasteiger partial charge in [-0.3, -0.25) is 0 Å². The van der Waals surface area contributed by atoms with Crippen molar-refractivity contribution in [2.75, 3.05) is 12.4 Å². The van der Waals surface area contributed by atoms with Gasteiger partial charge in [-0.2, -0.15) is 11.8 Å². The first-order chi connectivity index (χ1) is 4.88. The highest BCUT2D eigenvalue weighted by Gasteiger charge is 2.29. The summed E-state index contributed by atoms with van der Waals surface area (Å²) in [4.78, 5) is 0. The Morgan fingerprint density at radius 1 is 1.60 bits per heavy atom. The number of aliphatic hydroxyl groups is 1. The van der Waals surface area contributed by atoms with Crippen molar-refractivity contribution in [3.63, 3.8) is 0 Å². The van der Waals surface area contributed by atoms with Crippen LogP contribution >= 0.6 is 11.8 Å². The lowest BCUT2D eigenvalue weighted by Gasteiger charge is -2.34. The maximum absolute atomic E-state index is 8.82. The minimum Gasteiger partial charge on any atom is -0.396 e. The molecule has 2 heteroatoms. The number of rotatable bonds is 4.